The Balaban J connectivity index is 2.21. The van der Waals surface area contributed by atoms with Gasteiger partial charge in [-0.15, -0.1) is 0 Å². The molecule has 0 fully saturated rings. The highest BCUT2D eigenvalue weighted by Gasteiger charge is 2.07. The highest BCUT2D eigenvalue weighted by atomic mass is 35.5. The Morgan fingerprint density at radius 3 is 2.38 bits per heavy atom. The fourth-order valence-electron chi connectivity index (χ4n) is 1.71. The first kappa shape index (κ1) is 14.8. The molecule has 0 heterocycles. The maximum atomic E-state index is 12.1. The van der Waals surface area contributed by atoms with Crippen LogP contribution in [0, 0.1) is 0 Å². The summed E-state index contributed by atoms with van der Waals surface area (Å²) in [6.07, 6.45) is 2.45. The van der Waals surface area contributed by atoms with Gasteiger partial charge in [0.1, 0.15) is 0 Å². The lowest BCUT2D eigenvalue weighted by Gasteiger charge is -2.08. The Bertz CT molecular complexity index is 693. The number of carboxylic acids is 1. The van der Waals surface area contributed by atoms with Gasteiger partial charge in [-0.05, 0) is 42.0 Å². The fourth-order valence-corrected chi connectivity index (χ4v) is 1.84. The molecular weight excluding hydrogens is 290 g/mol. The zero-order valence-electron chi connectivity index (χ0n) is 10.9. The molecule has 0 aliphatic rings. The Hall–Kier alpha value is -2.59. The molecule has 0 spiro atoms. The highest BCUT2D eigenvalue weighted by molar-refractivity contribution is 6.30. The maximum Gasteiger partial charge on any atom is 0.328 e. The first-order valence-electron chi connectivity index (χ1n) is 6.13. The third-order valence-corrected chi connectivity index (χ3v) is 2.97. The minimum atomic E-state index is -1.05. The van der Waals surface area contributed by atoms with Gasteiger partial charge in [0.2, 0.25) is 0 Å². The van der Waals surface area contributed by atoms with Crippen LogP contribution in [0.3, 0.4) is 0 Å². The molecule has 0 unspecified atom stereocenters. The number of hydrogen-bond donors (Lipinski definition) is 2. The van der Waals surface area contributed by atoms with Crippen LogP contribution in [0.5, 0.6) is 0 Å². The van der Waals surface area contributed by atoms with Crippen molar-refractivity contribution in [3.63, 3.8) is 0 Å². The van der Waals surface area contributed by atoms with Crippen molar-refractivity contribution >= 4 is 35.2 Å². The van der Waals surface area contributed by atoms with E-state index in [2.05, 4.69) is 5.32 Å². The fraction of sp³-hybridized carbons (Fsp3) is 0. The Kier molecular flexibility index (Phi) is 4.74. The summed E-state index contributed by atoms with van der Waals surface area (Å²) in [7, 11) is 0. The molecule has 0 atom stereocenters. The number of hydrogen-bond acceptors (Lipinski definition) is 2. The average Bonchev–Trinajstić information content (AvgIpc) is 2.47. The number of amides is 1. The van der Waals surface area contributed by atoms with Crippen LogP contribution in [0.25, 0.3) is 6.08 Å². The van der Waals surface area contributed by atoms with E-state index in [1.165, 1.54) is 6.08 Å². The average molecular weight is 302 g/mol. The lowest BCUT2D eigenvalue weighted by atomic mass is 10.1. The highest BCUT2D eigenvalue weighted by Crippen LogP contribution is 2.18. The van der Waals surface area contributed by atoms with Gasteiger partial charge in [0.15, 0.2) is 0 Å². The van der Waals surface area contributed by atoms with Crippen molar-refractivity contribution in [1.29, 1.82) is 0 Å². The molecule has 21 heavy (non-hydrogen) atoms. The summed E-state index contributed by atoms with van der Waals surface area (Å²) in [6, 6.07) is 13.4. The van der Waals surface area contributed by atoms with Gasteiger partial charge in [-0.1, -0.05) is 29.8 Å². The van der Waals surface area contributed by atoms with Crippen molar-refractivity contribution in [2.24, 2.45) is 0 Å². The number of carbonyl (C=O) groups is 2. The molecule has 2 aromatic carbocycles. The van der Waals surface area contributed by atoms with E-state index in [4.69, 9.17) is 16.7 Å². The summed E-state index contributed by atoms with van der Waals surface area (Å²) in [4.78, 5) is 22.7. The van der Waals surface area contributed by atoms with E-state index in [1.54, 1.807) is 48.5 Å². The largest absolute Gasteiger partial charge is 0.478 e. The Labute approximate surface area is 126 Å². The van der Waals surface area contributed by atoms with Gasteiger partial charge in [-0.2, -0.15) is 0 Å². The standard InChI is InChI=1S/C16H12ClNO3/c17-13-8-5-12(6-9-13)16(21)18-14-4-2-1-3-11(14)7-10-15(19)20/h1-10H,(H,18,21)(H,19,20). The molecule has 0 saturated carbocycles. The molecule has 106 valence electrons. The number of rotatable bonds is 4. The number of carbonyl (C=O) groups excluding carboxylic acids is 1. The SMILES string of the molecule is O=C(O)C=Cc1ccccc1NC(=O)c1ccc(Cl)cc1. The van der Waals surface area contributed by atoms with E-state index in [1.807, 2.05) is 0 Å². The molecule has 0 radical (unpaired) electrons. The normalized spacial score (nSPS) is 10.5. The number of halogens is 1. The minimum Gasteiger partial charge on any atom is -0.478 e. The van der Waals surface area contributed by atoms with E-state index < -0.39 is 5.97 Å². The summed E-state index contributed by atoms with van der Waals surface area (Å²) >= 11 is 5.78. The summed E-state index contributed by atoms with van der Waals surface area (Å²) < 4.78 is 0. The zero-order valence-corrected chi connectivity index (χ0v) is 11.7. The van der Waals surface area contributed by atoms with Crippen LogP contribution in [-0.2, 0) is 4.79 Å². The van der Waals surface area contributed by atoms with Gasteiger partial charge in [0.05, 0.1) is 0 Å². The van der Waals surface area contributed by atoms with Crippen molar-refractivity contribution in [2.45, 2.75) is 0 Å². The molecule has 2 N–H and O–H groups in total. The Morgan fingerprint density at radius 2 is 1.71 bits per heavy atom. The number of nitrogens with one attached hydrogen (secondary N) is 1. The van der Waals surface area contributed by atoms with Gasteiger partial charge >= 0.3 is 5.97 Å². The second-order valence-corrected chi connectivity index (χ2v) is 4.66. The molecular formula is C16H12ClNO3. The number of carboxylic acid groups (broad SMARTS) is 1. The molecule has 5 heteroatoms. The smallest absolute Gasteiger partial charge is 0.328 e. The quantitative estimate of drug-likeness (QED) is 0.846. The maximum absolute atomic E-state index is 12.1. The van der Waals surface area contributed by atoms with Crippen LogP contribution in [-0.4, -0.2) is 17.0 Å². The molecule has 1 amide bonds. The van der Waals surface area contributed by atoms with Crippen molar-refractivity contribution in [2.75, 3.05) is 5.32 Å². The number of anilines is 1. The van der Waals surface area contributed by atoms with Crippen molar-refractivity contribution in [1.82, 2.24) is 0 Å². The van der Waals surface area contributed by atoms with Crippen LogP contribution >= 0.6 is 11.6 Å². The molecule has 0 saturated heterocycles. The molecule has 0 aliphatic carbocycles. The van der Waals surface area contributed by atoms with Crippen LogP contribution in [0.15, 0.2) is 54.6 Å². The van der Waals surface area contributed by atoms with Crippen LogP contribution < -0.4 is 5.32 Å². The van der Waals surface area contributed by atoms with Gasteiger partial charge in [0.25, 0.3) is 5.91 Å². The van der Waals surface area contributed by atoms with E-state index >= 15 is 0 Å². The monoisotopic (exact) mass is 301 g/mol. The lowest BCUT2D eigenvalue weighted by molar-refractivity contribution is -0.131. The molecule has 0 bridgehead atoms. The number of benzene rings is 2. The summed E-state index contributed by atoms with van der Waals surface area (Å²) in [5.41, 5.74) is 1.62. The predicted molar refractivity (Wildman–Crippen MR) is 82.5 cm³/mol. The van der Waals surface area contributed by atoms with E-state index in [0.717, 1.165) is 6.08 Å². The summed E-state index contributed by atoms with van der Waals surface area (Å²) in [6.45, 7) is 0. The summed E-state index contributed by atoms with van der Waals surface area (Å²) in [5.74, 6) is -1.34. The van der Waals surface area contributed by atoms with Crippen molar-refractivity contribution in [3.8, 4) is 0 Å². The van der Waals surface area contributed by atoms with E-state index in [-0.39, 0.29) is 5.91 Å². The van der Waals surface area contributed by atoms with E-state index in [0.29, 0.717) is 21.8 Å². The zero-order chi connectivity index (χ0) is 15.2. The molecule has 0 aliphatic heterocycles. The first-order chi connectivity index (χ1) is 10.1. The second kappa shape index (κ2) is 6.72. The van der Waals surface area contributed by atoms with Gasteiger partial charge in [0, 0.05) is 22.3 Å². The number of para-hydroxylation sites is 1. The first-order valence-corrected chi connectivity index (χ1v) is 6.51. The molecule has 4 nitrogen and oxygen atoms in total. The van der Waals surface area contributed by atoms with E-state index in [9.17, 15) is 9.59 Å². The topological polar surface area (TPSA) is 66.4 Å². The molecule has 2 rings (SSSR count). The minimum absolute atomic E-state index is 0.289. The van der Waals surface area contributed by atoms with Gasteiger partial charge < -0.3 is 10.4 Å². The van der Waals surface area contributed by atoms with Crippen LogP contribution in [0.1, 0.15) is 15.9 Å². The third kappa shape index (κ3) is 4.19. The lowest BCUT2D eigenvalue weighted by Crippen LogP contribution is -2.12. The van der Waals surface area contributed by atoms with Crippen molar-refractivity contribution in [3.05, 3.63) is 70.8 Å². The predicted octanol–water partition coefficient (Wildman–Crippen LogP) is 3.69. The number of aliphatic carboxylic acids is 1. The summed E-state index contributed by atoms with van der Waals surface area (Å²) in [5, 5.41) is 12.0. The molecule has 2 aromatic rings. The van der Waals surface area contributed by atoms with Crippen LogP contribution in [0.2, 0.25) is 5.02 Å². The van der Waals surface area contributed by atoms with Crippen LogP contribution in [0.4, 0.5) is 5.69 Å². The van der Waals surface area contributed by atoms with Crippen molar-refractivity contribution < 1.29 is 14.7 Å². The molecule has 0 aromatic heterocycles. The second-order valence-electron chi connectivity index (χ2n) is 4.22. The Morgan fingerprint density at radius 1 is 1.05 bits per heavy atom. The third-order valence-electron chi connectivity index (χ3n) is 2.72. The van der Waals surface area contributed by atoms with Gasteiger partial charge in [-0.25, -0.2) is 4.79 Å². The van der Waals surface area contributed by atoms with Gasteiger partial charge in [-0.3, -0.25) is 4.79 Å².